The van der Waals surface area contributed by atoms with Crippen LogP contribution in [0.1, 0.15) is 13.8 Å². The molecule has 0 aliphatic rings. The second kappa shape index (κ2) is 4.45. The van der Waals surface area contributed by atoms with Crippen molar-refractivity contribution < 1.29 is 9.53 Å². The molecule has 76 valence electrons. The standard InChI is InChI=1S/C9H13N3O2/c1-6(2)14-9(13)12-8-7(10)4-3-5-11-8/h3-6H,10H2,1-2H3,(H,11,12,13). The molecule has 0 radical (unpaired) electrons. The van der Waals surface area contributed by atoms with Gasteiger partial charge in [0.05, 0.1) is 11.8 Å². The molecule has 1 heterocycles. The first-order valence-corrected chi connectivity index (χ1v) is 4.27. The van der Waals surface area contributed by atoms with E-state index in [1.165, 1.54) is 0 Å². The van der Waals surface area contributed by atoms with E-state index in [1.807, 2.05) is 0 Å². The second-order valence-electron chi connectivity index (χ2n) is 3.02. The molecular formula is C9H13N3O2. The predicted molar refractivity (Wildman–Crippen MR) is 53.9 cm³/mol. The van der Waals surface area contributed by atoms with E-state index in [2.05, 4.69) is 10.3 Å². The number of anilines is 2. The predicted octanol–water partition coefficient (Wildman–Crippen LogP) is 1.62. The van der Waals surface area contributed by atoms with Crippen molar-refractivity contribution in [1.29, 1.82) is 0 Å². The fourth-order valence-electron chi connectivity index (χ4n) is 0.862. The van der Waals surface area contributed by atoms with Gasteiger partial charge in [0.15, 0.2) is 5.82 Å². The molecule has 0 saturated carbocycles. The molecule has 5 heteroatoms. The maximum atomic E-state index is 11.1. The number of nitrogens with zero attached hydrogens (tertiary/aromatic N) is 1. The Morgan fingerprint density at radius 2 is 2.36 bits per heavy atom. The van der Waals surface area contributed by atoms with Gasteiger partial charge in [0.2, 0.25) is 0 Å². The molecule has 0 aliphatic carbocycles. The molecule has 1 amide bonds. The Morgan fingerprint density at radius 3 is 2.93 bits per heavy atom. The summed E-state index contributed by atoms with van der Waals surface area (Å²) in [5.74, 6) is 0.318. The molecule has 0 saturated heterocycles. The molecule has 5 nitrogen and oxygen atoms in total. The number of nitrogen functional groups attached to an aromatic ring is 1. The molecule has 1 rings (SSSR count). The number of carbonyl (C=O) groups excluding carboxylic acids is 1. The Labute approximate surface area is 82.3 Å². The van der Waals surface area contributed by atoms with Gasteiger partial charge in [-0.3, -0.25) is 5.32 Å². The maximum absolute atomic E-state index is 11.1. The highest BCUT2D eigenvalue weighted by atomic mass is 16.6. The fourth-order valence-corrected chi connectivity index (χ4v) is 0.862. The van der Waals surface area contributed by atoms with Crippen LogP contribution in [0, 0.1) is 0 Å². The highest BCUT2D eigenvalue weighted by Gasteiger charge is 2.07. The molecule has 0 fully saturated rings. The van der Waals surface area contributed by atoms with Crippen LogP contribution in [0.4, 0.5) is 16.3 Å². The molecule has 1 aromatic rings. The Hall–Kier alpha value is -1.78. The summed E-state index contributed by atoms with van der Waals surface area (Å²) in [6.45, 7) is 3.53. The number of pyridine rings is 1. The zero-order chi connectivity index (χ0) is 10.6. The molecule has 14 heavy (non-hydrogen) atoms. The van der Waals surface area contributed by atoms with E-state index in [-0.39, 0.29) is 6.10 Å². The van der Waals surface area contributed by atoms with Crippen molar-refractivity contribution in [2.24, 2.45) is 0 Å². The minimum atomic E-state index is -0.551. The number of rotatable bonds is 2. The summed E-state index contributed by atoms with van der Waals surface area (Å²) >= 11 is 0. The summed E-state index contributed by atoms with van der Waals surface area (Å²) in [6.07, 6.45) is 0.826. The van der Waals surface area contributed by atoms with Crippen molar-refractivity contribution in [3.63, 3.8) is 0 Å². The fraction of sp³-hybridized carbons (Fsp3) is 0.333. The molecule has 0 atom stereocenters. The van der Waals surface area contributed by atoms with Gasteiger partial charge >= 0.3 is 6.09 Å². The number of aromatic nitrogens is 1. The van der Waals surface area contributed by atoms with Crippen molar-refractivity contribution in [1.82, 2.24) is 4.98 Å². The highest BCUT2D eigenvalue weighted by Crippen LogP contribution is 2.13. The van der Waals surface area contributed by atoms with E-state index in [0.29, 0.717) is 11.5 Å². The minimum Gasteiger partial charge on any atom is -0.447 e. The van der Waals surface area contributed by atoms with Crippen molar-refractivity contribution in [2.45, 2.75) is 20.0 Å². The van der Waals surface area contributed by atoms with Crippen LogP contribution in [0.25, 0.3) is 0 Å². The van der Waals surface area contributed by atoms with Crippen LogP contribution in [0.15, 0.2) is 18.3 Å². The molecular weight excluding hydrogens is 182 g/mol. The van der Waals surface area contributed by atoms with Gasteiger partial charge in [-0.1, -0.05) is 0 Å². The van der Waals surface area contributed by atoms with E-state index in [0.717, 1.165) is 0 Å². The molecule has 0 spiro atoms. The summed E-state index contributed by atoms with van der Waals surface area (Å²) in [7, 11) is 0. The molecule has 0 bridgehead atoms. The van der Waals surface area contributed by atoms with Gasteiger partial charge in [-0.05, 0) is 26.0 Å². The van der Waals surface area contributed by atoms with E-state index < -0.39 is 6.09 Å². The van der Waals surface area contributed by atoms with E-state index in [9.17, 15) is 4.79 Å². The lowest BCUT2D eigenvalue weighted by atomic mass is 10.4. The van der Waals surface area contributed by atoms with E-state index in [1.54, 1.807) is 32.2 Å². The van der Waals surface area contributed by atoms with Gasteiger partial charge in [0.1, 0.15) is 0 Å². The van der Waals surface area contributed by atoms with Crippen LogP contribution in [-0.4, -0.2) is 17.2 Å². The van der Waals surface area contributed by atoms with Crippen LogP contribution in [0.5, 0.6) is 0 Å². The lowest BCUT2D eigenvalue weighted by Gasteiger charge is -2.09. The summed E-state index contributed by atoms with van der Waals surface area (Å²) in [5.41, 5.74) is 5.98. The molecule has 1 aromatic heterocycles. The van der Waals surface area contributed by atoms with Gasteiger partial charge in [-0.25, -0.2) is 9.78 Å². The Morgan fingerprint density at radius 1 is 1.64 bits per heavy atom. The Kier molecular flexibility index (Phi) is 3.28. The number of ether oxygens (including phenoxy) is 1. The Bertz CT molecular complexity index is 326. The number of carbonyl (C=O) groups is 1. The van der Waals surface area contributed by atoms with E-state index >= 15 is 0 Å². The van der Waals surface area contributed by atoms with Gasteiger partial charge < -0.3 is 10.5 Å². The lowest BCUT2D eigenvalue weighted by Crippen LogP contribution is -2.19. The summed E-state index contributed by atoms with van der Waals surface area (Å²) in [4.78, 5) is 15.0. The third-order valence-corrected chi connectivity index (χ3v) is 1.40. The SMILES string of the molecule is CC(C)OC(=O)Nc1ncccc1N. The first kappa shape index (κ1) is 10.3. The van der Waals surface area contributed by atoms with Crippen LogP contribution in [-0.2, 0) is 4.74 Å². The van der Waals surface area contributed by atoms with Crippen LogP contribution in [0.3, 0.4) is 0 Å². The highest BCUT2D eigenvalue weighted by molar-refractivity contribution is 5.86. The summed E-state index contributed by atoms with van der Waals surface area (Å²) in [6, 6.07) is 3.34. The summed E-state index contributed by atoms with van der Waals surface area (Å²) in [5, 5.41) is 2.44. The van der Waals surface area contributed by atoms with E-state index in [4.69, 9.17) is 10.5 Å². The van der Waals surface area contributed by atoms with Crippen LogP contribution in [0.2, 0.25) is 0 Å². The zero-order valence-corrected chi connectivity index (χ0v) is 8.15. The third kappa shape index (κ3) is 2.93. The van der Waals surface area contributed by atoms with Crippen molar-refractivity contribution in [3.05, 3.63) is 18.3 Å². The lowest BCUT2D eigenvalue weighted by molar-refractivity contribution is 0.130. The smallest absolute Gasteiger partial charge is 0.413 e. The van der Waals surface area contributed by atoms with Gasteiger partial charge in [-0.15, -0.1) is 0 Å². The Balaban J connectivity index is 2.61. The van der Waals surface area contributed by atoms with Crippen molar-refractivity contribution in [2.75, 3.05) is 11.1 Å². The van der Waals surface area contributed by atoms with Crippen molar-refractivity contribution >= 4 is 17.6 Å². The average Bonchev–Trinajstić information content (AvgIpc) is 2.07. The monoisotopic (exact) mass is 195 g/mol. The number of nitrogens with one attached hydrogen (secondary N) is 1. The first-order chi connectivity index (χ1) is 6.59. The van der Waals surface area contributed by atoms with Gasteiger partial charge in [0, 0.05) is 6.20 Å². The molecule has 0 aromatic carbocycles. The normalized spacial score (nSPS) is 9.93. The number of amides is 1. The minimum absolute atomic E-state index is 0.167. The molecule has 0 aliphatic heterocycles. The zero-order valence-electron chi connectivity index (χ0n) is 8.15. The number of hydrogen-bond donors (Lipinski definition) is 2. The quantitative estimate of drug-likeness (QED) is 0.751. The molecule has 3 N–H and O–H groups in total. The maximum Gasteiger partial charge on any atom is 0.413 e. The average molecular weight is 195 g/mol. The van der Waals surface area contributed by atoms with Crippen LogP contribution >= 0.6 is 0 Å². The third-order valence-electron chi connectivity index (χ3n) is 1.40. The largest absolute Gasteiger partial charge is 0.447 e. The first-order valence-electron chi connectivity index (χ1n) is 4.27. The second-order valence-corrected chi connectivity index (χ2v) is 3.02. The van der Waals surface area contributed by atoms with Crippen molar-refractivity contribution in [3.8, 4) is 0 Å². The van der Waals surface area contributed by atoms with Gasteiger partial charge in [-0.2, -0.15) is 0 Å². The summed E-state index contributed by atoms with van der Waals surface area (Å²) < 4.78 is 4.86. The van der Waals surface area contributed by atoms with Gasteiger partial charge in [0.25, 0.3) is 0 Å². The number of hydrogen-bond acceptors (Lipinski definition) is 4. The number of nitrogens with two attached hydrogens (primary N) is 1. The van der Waals surface area contributed by atoms with Crippen LogP contribution < -0.4 is 11.1 Å². The topological polar surface area (TPSA) is 77.2 Å². The molecule has 0 unspecified atom stereocenters.